The van der Waals surface area contributed by atoms with Gasteiger partial charge in [-0.05, 0) is 73.7 Å². The van der Waals surface area contributed by atoms with Crippen molar-refractivity contribution in [2.45, 2.75) is 17.1 Å². The van der Waals surface area contributed by atoms with Gasteiger partial charge in [0, 0.05) is 21.7 Å². The average Bonchev–Trinajstić information content (AvgIpc) is 3.05. The summed E-state index contributed by atoms with van der Waals surface area (Å²) in [5, 5.41) is 8.03. The van der Waals surface area contributed by atoms with Crippen molar-refractivity contribution in [1.82, 2.24) is 5.32 Å². The predicted molar refractivity (Wildman–Crippen MR) is 173 cm³/mol. The van der Waals surface area contributed by atoms with E-state index in [2.05, 4.69) is 16.0 Å². The second kappa shape index (κ2) is 15.3. The fraction of sp³-hybridized carbons (Fsp3) is 0.147. The first-order valence-electron chi connectivity index (χ1n) is 13.6. The summed E-state index contributed by atoms with van der Waals surface area (Å²) in [6.07, 6.45) is 1.53. The highest BCUT2D eigenvalue weighted by Gasteiger charge is 2.19. The number of hydrogen-bond acceptors (Lipinski definition) is 7. The molecule has 0 aliphatic heterocycles. The molecule has 0 aliphatic carbocycles. The van der Waals surface area contributed by atoms with Crippen LogP contribution in [0, 0.1) is 0 Å². The number of rotatable bonds is 12. The lowest BCUT2D eigenvalue weighted by molar-refractivity contribution is -0.115. The molecular formula is C34H33N3O6S. The Labute approximate surface area is 260 Å². The first kappa shape index (κ1) is 31.7. The van der Waals surface area contributed by atoms with Crippen LogP contribution in [0.5, 0.6) is 17.2 Å². The lowest BCUT2D eigenvalue weighted by Gasteiger charge is -2.15. The molecule has 1 unspecified atom stereocenters. The monoisotopic (exact) mass is 611 g/mol. The molecule has 0 heterocycles. The number of carbonyl (C=O) groups is 3. The van der Waals surface area contributed by atoms with Gasteiger partial charge in [0.1, 0.15) is 22.9 Å². The Kier molecular flexibility index (Phi) is 11.0. The second-order valence-corrected chi connectivity index (χ2v) is 10.8. The minimum absolute atomic E-state index is 0.00647. The summed E-state index contributed by atoms with van der Waals surface area (Å²) in [6.45, 7) is 1.79. The van der Waals surface area contributed by atoms with E-state index in [1.807, 2.05) is 18.2 Å². The van der Waals surface area contributed by atoms with Crippen LogP contribution in [0.1, 0.15) is 22.8 Å². The molecule has 3 amide bonds. The van der Waals surface area contributed by atoms with Gasteiger partial charge in [-0.2, -0.15) is 0 Å². The van der Waals surface area contributed by atoms with E-state index in [0.717, 1.165) is 4.90 Å². The number of carbonyl (C=O) groups excluding carboxylic acids is 3. The summed E-state index contributed by atoms with van der Waals surface area (Å²) < 4.78 is 16.1. The maximum Gasteiger partial charge on any atom is 0.272 e. The molecule has 0 spiro atoms. The van der Waals surface area contributed by atoms with Crippen LogP contribution in [0.2, 0.25) is 0 Å². The third-order valence-corrected chi connectivity index (χ3v) is 7.50. The zero-order chi connectivity index (χ0) is 31.5. The van der Waals surface area contributed by atoms with Crippen LogP contribution >= 0.6 is 11.8 Å². The average molecular weight is 612 g/mol. The third-order valence-electron chi connectivity index (χ3n) is 6.40. The molecule has 0 fully saturated rings. The van der Waals surface area contributed by atoms with Crippen LogP contribution < -0.4 is 30.2 Å². The standard InChI is InChI=1S/C34H33N3O6S/c1-22(32(38)36-28-15-8-9-16-31(28)43-4)44-27-14-10-13-25(21-27)35-34(40)29(37-33(39)23-11-6-5-7-12-23)20-24-19-26(41-2)17-18-30(24)42-3/h5-22H,1-4H3,(H,35,40)(H,36,38)(H,37,39)/b29-20+. The van der Waals surface area contributed by atoms with Gasteiger partial charge in [0.25, 0.3) is 11.8 Å². The lowest BCUT2D eigenvalue weighted by atomic mass is 10.1. The minimum Gasteiger partial charge on any atom is -0.497 e. The zero-order valence-electron chi connectivity index (χ0n) is 24.8. The van der Waals surface area contributed by atoms with Crippen LogP contribution in [-0.4, -0.2) is 44.3 Å². The second-order valence-electron chi connectivity index (χ2n) is 9.42. The highest BCUT2D eigenvalue weighted by atomic mass is 32.2. The molecule has 0 saturated carbocycles. The molecule has 0 saturated heterocycles. The van der Waals surface area contributed by atoms with Crippen LogP contribution in [0.3, 0.4) is 0 Å². The molecule has 3 N–H and O–H groups in total. The number of para-hydroxylation sites is 2. The normalized spacial score (nSPS) is 11.6. The number of ether oxygens (including phenoxy) is 3. The summed E-state index contributed by atoms with van der Waals surface area (Å²) in [7, 11) is 4.60. The molecule has 4 aromatic rings. The van der Waals surface area contributed by atoms with Crippen LogP contribution in [-0.2, 0) is 9.59 Å². The maximum atomic E-state index is 13.6. The molecule has 0 bridgehead atoms. The van der Waals surface area contributed by atoms with E-state index in [4.69, 9.17) is 14.2 Å². The summed E-state index contributed by atoms with van der Waals surface area (Å²) in [4.78, 5) is 40.3. The van der Waals surface area contributed by atoms with Crippen molar-refractivity contribution in [3.05, 3.63) is 114 Å². The Balaban J connectivity index is 1.54. The SMILES string of the molecule is COc1ccc(OC)c(/C=C(/NC(=O)c2ccccc2)C(=O)Nc2cccc(SC(C)C(=O)Nc3ccccc3OC)c2)c1. The van der Waals surface area contributed by atoms with Gasteiger partial charge in [-0.1, -0.05) is 36.4 Å². The topological polar surface area (TPSA) is 115 Å². The van der Waals surface area contributed by atoms with Crippen molar-refractivity contribution >= 4 is 46.9 Å². The number of hydrogen-bond donors (Lipinski definition) is 3. The Morgan fingerprint density at radius 2 is 1.48 bits per heavy atom. The summed E-state index contributed by atoms with van der Waals surface area (Å²) in [5.74, 6) is 0.410. The van der Waals surface area contributed by atoms with E-state index >= 15 is 0 Å². The Bertz CT molecular complexity index is 1660. The molecule has 9 nitrogen and oxygen atoms in total. The Morgan fingerprint density at radius 3 is 2.20 bits per heavy atom. The number of methoxy groups -OCH3 is 3. The molecule has 44 heavy (non-hydrogen) atoms. The molecule has 10 heteroatoms. The van der Waals surface area contributed by atoms with Crippen molar-refractivity contribution in [2.24, 2.45) is 0 Å². The molecular weight excluding hydrogens is 578 g/mol. The van der Waals surface area contributed by atoms with E-state index < -0.39 is 17.1 Å². The van der Waals surface area contributed by atoms with Crippen molar-refractivity contribution in [1.29, 1.82) is 0 Å². The van der Waals surface area contributed by atoms with Gasteiger partial charge in [-0.3, -0.25) is 14.4 Å². The van der Waals surface area contributed by atoms with E-state index in [1.165, 1.54) is 32.1 Å². The third kappa shape index (κ3) is 8.42. The largest absolute Gasteiger partial charge is 0.497 e. The van der Waals surface area contributed by atoms with Crippen molar-refractivity contribution in [2.75, 3.05) is 32.0 Å². The number of thioether (sulfide) groups is 1. The quantitative estimate of drug-likeness (QED) is 0.128. The summed E-state index contributed by atoms with van der Waals surface area (Å²) in [6, 6.07) is 28.0. The number of nitrogens with one attached hydrogen (secondary N) is 3. The summed E-state index contributed by atoms with van der Waals surface area (Å²) >= 11 is 1.33. The van der Waals surface area contributed by atoms with Gasteiger partial charge in [-0.15, -0.1) is 11.8 Å². The molecule has 0 radical (unpaired) electrons. The summed E-state index contributed by atoms with van der Waals surface area (Å²) in [5.41, 5.74) is 1.98. The molecule has 4 rings (SSSR count). The van der Waals surface area contributed by atoms with Crippen LogP contribution in [0.25, 0.3) is 6.08 Å². The van der Waals surface area contributed by atoms with Crippen molar-refractivity contribution in [3.8, 4) is 17.2 Å². The molecule has 0 aromatic heterocycles. The van der Waals surface area contributed by atoms with E-state index in [-0.39, 0.29) is 11.6 Å². The van der Waals surface area contributed by atoms with Gasteiger partial charge in [0.15, 0.2) is 0 Å². The highest BCUT2D eigenvalue weighted by Crippen LogP contribution is 2.30. The zero-order valence-corrected chi connectivity index (χ0v) is 25.6. The number of amides is 3. The minimum atomic E-state index is -0.553. The van der Waals surface area contributed by atoms with E-state index in [0.29, 0.717) is 39.8 Å². The van der Waals surface area contributed by atoms with Gasteiger partial charge >= 0.3 is 0 Å². The fourth-order valence-corrected chi connectivity index (χ4v) is 5.06. The smallest absolute Gasteiger partial charge is 0.272 e. The van der Waals surface area contributed by atoms with Crippen molar-refractivity contribution < 1.29 is 28.6 Å². The molecule has 1 atom stereocenters. The first-order chi connectivity index (χ1) is 21.3. The number of anilines is 2. The van der Waals surface area contributed by atoms with Crippen LogP contribution in [0.15, 0.2) is 108 Å². The number of benzene rings is 4. The molecule has 4 aromatic carbocycles. The van der Waals surface area contributed by atoms with Crippen LogP contribution in [0.4, 0.5) is 11.4 Å². The van der Waals surface area contributed by atoms with Gasteiger partial charge in [0.05, 0.1) is 32.3 Å². The van der Waals surface area contributed by atoms with Crippen molar-refractivity contribution in [3.63, 3.8) is 0 Å². The first-order valence-corrected chi connectivity index (χ1v) is 14.5. The maximum absolute atomic E-state index is 13.6. The fourth-order valence-electron chi connectivity index (χ4n) is 4.14. The van der Waals surface area contributed by atoms with Gasteiger partial charge < -0.3 is 30.2 Å². The molecule has 0 aliphatic rings. The van der Waals surface area contributed by atoms with Gasteiger partial charge in [-0.25, -0.2) is 0 Å². The lowest BCUT2D eigenvalue weighted by Crippen LogP contribution is -2.30. The van der Waals surface area contributed by atoms with Gasteiger partial charge in [0.2, 0.25) is 5.91 Å². The Hall–Kier alpha value is -5.22. The highest BCUT2D eigenvalue weighted by molar-refractivity contribution is 8.00. The Morgan fingerprint density at radius 1 is 0.750 bits per heavy atom. The van der Waals surface area contributed by atoms with E-state index in [9.17, 15) is 14.4 Å². The van der Waals surface area contributed by atoms with E-state index in [1.54, 1.807) is 92.9 Å². The molecule has 226 valence electrons. The predicted octanol–water partition coefficient (Wildman–Crippen LogP) is 6.24.